The third kappa shape index (κ3) is 6.28. The topological polar surface area (TPSA) is 66.0 Å². The van der Waals surface area contributed by atoms with Crippen molar-refractivity contribution < 1.29 is 9.53 Å². The Bertz CT molecular complexity index is 355. The van der Waals surface area contributed by atoms with E-state index in [1.54, 1.807) is 12.0 Å². The Balaban J connectivity index is 0.00000441. The fourth-order valence-corrected chi connectivity index (χ4v) is 2.81. The van der Waals surface area contributed by atoms with Gasteiger partial charge in [-0.05, 0) is 19.8 Å². The highest BCUT2D eigenvalue weighted by atomic mass is 127. The molecule has 0 bridgehead atoms. The number of hydrogen-bond donors (Lipinski definition) is 2. The van der Waals surface area contributed by atoms with Crippen LogP contribution >= 0.6 is 24.0 Å². The number of hydrogen-bond acceptors (Lipinski definition) is 3. The van der Waals surface area contributed by atoms with Gasteiger partial charge in [0.15, 0.2) is 5.96 Å². The number of rotatable bonds is 7. The molecule has 1 saturated carbocycles. The summed E-state index contributed by atoms with van der Waals surface area (Å²) in [5.74, 6) is 0.962. The lowest BCUT2D eigenvalue weighted by molar-refractivity contribution is -0.138. The van der Waals surface area contributed by atoms with Crippen LogP contribution in [0.3, 0.4) is 0 Å². The smallest absolute Gasteiger partial charge is 0.230 e. The summed E-state index contributed by atoms with van der Waals surface area (Å²) in [6.45, 7) is 4.72. The summed E-state index contributed by atoms with van der Waals surface area (Å²) >= 11 is 0. The molecule has 1 amide bonds. The average molecular weight is 426 g/mol. The van der Waals surface area contributed by atoms with E-state index in [4.69, 9.17) is 4.74 Å². The standard InChI is InChI=1S/C15H30N4O2.HI/c1-5-16-14(17-10-11-21-4)18-12-15(8-6-7-9-15)13(20)19(2)3;/h5-12H2,1-4H3,(H2,16,17,18);1H. The Morgan fingerprint density at radius 2 is 1.91 bits per heavy atom. The van der Waals surface area contributed by atoms with Crippen LogP contribution in [0.1, 0.15) is 32.6 Å². The first-order valence-electron chi connectivity index (χ1n) is 7.78. The molecule has 0 unspecified atom stereocenters. The van der Waals surface area contributed by atoms with E-state index in [-0.39, 0.29) is 35.3 Å². The monoisotopic (exact) mass is 426 g/mol. The van der Waals surface area contributed by atoms with E-state index in [0.717, 1.165) is 38.2 Å². The summed E-state index contributed by atoms with van der Waals surface area (Å²) in [6.07, 6.45) is 4.10. The van der Waals surface area contributed by atoms with Crippen LogP contribution in [0, 0.1) is 5.41 Å². The van der Waals surface area contributed by atoms with Crippen LogP contribution in [-0.2, 0) is 9.53 Å². The number of methoxy groups -OCH3 is 1. The lowest BCUT2D eigenvalue weighted by Gasteiger charge is -2.29. The molecule has 1 rings (SSSR count). The molecule has 1 aliphatic carbocycles. The van der Waals surface area contributed by atoms with Gasteiger partial charge < -0.3 is 20.3 Å². The molecule has 130 valence electrons. The first-order valence-corrected chi connectivity index (χ1v) is 7.78. The minimum atomic E-state index is -0.312. The van der Waals surface area contributed by atoms with Crippen LogP contribution in [0.4, 0.5) is 0 Å². The fourth-order valence-electron chi connectivity index (χ4n) is 2.81. The van der Waals surface area contributed by atoms with Crippen molar-refractivity contribution in [3.63, 3.8) is 0 Å². The second-order valence-corrected chi connectivity index (χ2v) is 5.80. The number of guanidine groups is 1. The van der Waals surface area contributed by atoms with Crippen LogP contribution in [0.25, 0.3) is 0 Å². The molecule has 1 fully saturated rings. The molecule has 0 aromatic rings. The molecular formula is C15H31IN4O2. The summed E-state index contributed by atoms with van der Waals surface area (Å²) in [5.41, 5.74) is -0.312. The summed E-state index contributed by atoms with van der Waals surface area (Å²) in [5, 5.41) is 6.43. The van der Waals surface area contributed by atoms with E-state index in [2.05, 4.69) is 15.6 Å². The van der Waals surface area contributed by atoms with Crippen molar-refractivity contribution in [2.24, 2.45) is 10.4 Å². The maximum Gasteiger partial charge on any atom is 0.230 e. The molecule has 2 N–H and O–H groups in total. The molecule has 0 radical (unpaired) electrons. The first kappa shape index (κ1) is 21.4. The quantitative estimate of drug-likeness (QED) is 0.280. The van der Waals surface area contributed by atoms with Gasteiger partial charge in [0.25, 0.3) is 0 Å². The Morgan fingerprint density at radius 3 is 2.41 bits per heavy atom. The molecule has 1 aliphatic rings. The second-order valence-electron chi connectivity index (χ2n) is 5.80. The Morgan fingerprint density at radius 1 is 1.27 bits per heavy atom. The van der Waals surface area contributed by atoms with Gasteiger partial charge in [-0.3, -0.25) is 9.79 Å². The van der Waals surface area contributed by atoms with E-state index in [1.165, 1.54) is 0 Å². The van der Waals surface area contributed by atoms with Crippen LogP contribution in [0.2, 0.25) is 0 Å². The minimum Gasteiger partial charge on any atom is -0.383 e. The zero-order chi connectivity index (χ0) is 15.7. The highest BCUT2D eigenvalue weighted by molar-refractivity contribution is 14.0. The number of nitrogens with zero attached hydrogens (tertiary/aromatic N) is 2. The molecule has 0 heterocycles. The Hall–Kier alpha value is -0.570. The molecule has 0 aromatic heterocycles. The summed E-state index contributed by atoms with van der Waals surface area (Å²) in [7, 11) is 5.33. The normalized spacial score (nSPS) is 16.8. The van der Waals surface area contributed by atoms with E-state index < -0.39 is 0 Å². The third-order valence-corrected chi connectivity index (χ3v) is 3.90. The number of aliphatic imine (C=N–C) groups is 1. The predicted octanol–water partition coefficient (Wildman–Crippen LogP) is 1.45. The number of halogens is 1. The maximum absolute atomic E-state index is 12.5. The van der Waals surface area contributed by atoms with E-state index in [1.807, 2.05) is 21.0 Å². The van der Waals surface area contributed by atoms with Gasteiger partial charge in [0, 0.05) is 34.3 Å². The van der Waals surface area contributed by atoms with Crippen molar-refractivity contribution in [2.75, 3.05) is 47.4 Å². The van der Waals surface area contributed by atoms with Crippen molar-refractivity contribution in [1.82, 2.24) is 15.5 Å². The molecule has 22 heavy (non-hydrogen) atoms. The molecule has 6 nitrogen and oxygen atoms in total. The summed E-state index contributed by atoms with van der Waals surface area (Å²) in [6, 6.07) is 0. The fraction of sp³-hybridized carbons (Fsp3) is 0.867. The van der Waals surface area contributed by atoms with Gasteiger partial charge in [0.1, 0.15) is 0 Å². The molecule has 0 atom stereocenters. The van der Waals surface area contributed by atoms with Gasteiger partial charge in [-0.2, -0.15) is 0 Å². The van der Waals surface area contributed by atoms with E-state index in [9.17, 15) is 4.79 Å². The van der Waals surface area contributed by atoms with Gasteiger partial charge in [0.05, 0.1) is 18.6 Å². The lowest BCUT2D eigenvalue weighted by Crippen LogP contribution is -2.43. The van der Waals surface area contributed by atoms with Crippen LogP contribution in [-0.4, -0.2) is 64.2 Å². The van der Waals surface area contributed by atoms with Crippen LogP contribution in [0.15, 0.2) is 4.99 Å². The molecular weight excluding hydrogens is 395 g/mol. The molecule has 0 saturated heterocycles. The lowest BCUT2D eigenvalue weighted by atomic mass is 9.85. The van der Waals surface area contributed by atoms with Gasteiger partial charge in [0.2, 0.25) is 5.91 Å². The SMILES string of the molecule is CCNC(=NCC1(C(=O)N(C)C)CCCC1)NCCOC.I. The van der Waals surface area contributed by atoms with Gasteiger partial charge >= 0.3 is 0 Å². The van der Waals surface area contributed by atoms with E-state index in [0.29, 0.717) is 19.7 Å². The number of amides is 1. The molecule has 7 heteroatoms. The third-order valence-electron chi connectivity index (χ3n) is 3.90. The molecule has 0 aliphatic heterocycles. The van der Waals surface area contributed by atoms with Crippen molar-refractivity contribution >= 4 is 35.8 Å². The van der Waals surface area contributed by atoms with Crippen molar-refractivity contribution in [3.05, 3.63) is 0 Å². The van der Waals surface area contributed by atoms with E-state index >= 15 is 0 Å². The average Bonchev–Trinajstić information content (AvgIpc) is 2.94. The first-order chi connectivity index (χ1) is 10.1. The minimum absolute atomic E-state index is 0. The number of ether oxygens (including phenoxy) is 1. The van der Waals surface area contributed by atoms with Crippen LogP contribution < -0.4 is 10.6 Å². The van der Waals surface area contributed by atoms with Crippen LogP contribution in [0.5, 0.6) is 0 Å². The second kappa shape index (κ2) is 11.0. The highest BCUT2D eigenvalue weighted by Crippen LogP contribution is 2.39. The summed E-state index contributed by atoms with van der Waals surface area (Å²) in [4.78, 5) is 18.8. The molecule has 0 aromatic carbocycles. The zero-order valence-electron chi connectivity index (χ0n) is 14.3. The van der Waals surface area contributed by atoms with Crippen molar-refractivity contribution in [2.45, 2.75) is 32.6 Å². The number of carbonyl (C=O) groups excluding carboxylic acids is 1. The highest BCUT2D eigenvalue weighted by Gasteiger charge is 2.41. The largest absolute Gasteiger partial charge is 0.383 e. The molecule has 0 spiro atoms. The zero-order valence-corrected chi connectivity index (χ0v) is 16.6. The Kier molecular flexibility index (Phi) is 10.8. The predicted molar refractivity (Wildman–Crippen MR) is 101 cm³/mol. The van der Waals surface area contributed by atoms with Gasteiger partial charge in [-0.15, -0.1) is 24.0 Å². The maximum atomic E-state index is 12.5. The number of carbonyl (C=O) groups is 1. The Labute approximate surface area is 151 Å². The number of nitrogens with one attached hydrogen (secondary N) is 2. The van der Waals surface area contributed by atoms with Gasteiger partial charge in [-0.25, -0.2) is 0 Å². The summed E-state index contributed by atoms with van der Waals surface area (Å²) < 4.78 is 5.03. The van der Waals surface area contributed by atoms with Crippen molar-refractivity contribution in [3.8, 4) is 0 Å². The van der Waals surface area contributed by atoms with Gasteiger partial charge in [-0.1, -0.05) is 12.8 Å². The van der Waals surface area contributed by atoms with Crippen molar-refractivity contribution in [1.29, 1.82) is 0 Å².